The van der Waals surface area contributed by atoms with Crippen molar-refractivity contribution in [2.75, 3.05) is 20.3 Å². The zero-order valence-corrected chi connectivity index (χ0v) is 13.1. The molecule has 1 fully saturated rings. The van der Waals surface area contributed by atoms with Crippen molar-refractivity contribution in [3.63, 3.8) is 0 Å². The van der Waals surface area contributed by atoms with Crippen molar-refractivity contribution in [2.24, 2.45) is 5.92 Å². The highest BCUT2D eigenvalue weighted by molar-refractivity contribution is 5.77. The second-order valence-corrected chi connectivity index (χ2v) is 5.73. The summed E-state index contributed by atoms with van der Waals surface area (Å²) in [6, 6.07) is 7.06. The second kappa shape index (κ2) is 8.63. The fourth-order valence-electron chi connectivity index (χ4n) is 2.78. The summed E-state index contributed by atoms with van der Waals surface area (Å²) < 4.78 is 10.5. The molecule has 1 atom stereocenters. The molecule has 1 aliphatic rings. The number of carbonyl (C=O) groups is 1. The number of aliphatic hydroxyl groups is 1. The third-order valence-electron chi connectivity index (χ3n) is 4.13. The Morgan fingerprint density at radius 3 is 2.50 bits per heavy atom. The molecular weight excluding hydrogens is 282 g/mol. The first-order valence-corrected chi connectivity index (χ1v) is 7.90. The van der Waals surface area contributed by atoms with Crippen LogP contribution in [-0.2, 0) is 4.79 Å². The Labute approximate surface area is 131 Å². The van der Waals surface area contributed by atoms with Gasteiger partial charge in [-0.2, -0.15) is 0 Å². The van der Waals surface area contributed by atoms with Gasteiger partial charge in [-0.1, -0.05) is 19.3 Å². The Hall–Kier alpha value is -1.75. The van der Waals surface area contributed by atoms with E-state index in [0.717, 1.165) is 18.6 Å². The van der Waals surface area contributed by atoms with Crippen molar-refractivity contribution in [1.82, 2.24) is 5.32 Å². The van der Waals surface area contributed by atoms with E-state index in [0.29, 0.717) is 18.2 Å². The number of aliphatic hydroxyl groups excluding tert-OH is 1. The molecule has 1 aromatic carbocycles. The largest absolute Gasteiger partial charge is 0.497 e. The summed E-state index contributed by atoms with van der Waals surface area (Å²) in [5, 5.41) is 12.8. The first-order valence-electron chi connectivity index (χ1n) is 7.90. The average Bonchev–Trinajstić information content (AvgIpc) is 2.59. The zero-order valence-electron chi connectivity index (χ0n) is 13.1. The van der Waals surface area contributed by atoms with Crippen LogP contribution in [0, 0.1) is 5.92 Å². The maximum atomic E-state index is 11.8. The molecule has 1 aromatic rings. The molecule has 1 amide bonds. The minimum absolute atomic E-state index is 0.0519. The molecule has 0 aromatic heterocycles. The Morgan fingerprint density at radius 1 is 1.23 bits per heavy atom. The summed E-state index contributed by atoms with van der Waals surface area (Å²) in [6.07, 6.45) is 5.27. The summed E-state index contributed by atoms with van der Waals surface area (Å²) in [5.41, 5.74) is 0. The van der Waals surface area contributed by atoms with Gasteiger partial charge in [0.15, 0.2) is 6.61 Å². The topological polar surface area (TPSA) is 67.8 Å². The summed E-state index contributed by atoms with van der Waals surface area (Å²) in [6.45, 7) is 0.249. The van der Waals surface area contributed by atoms with Gasteiger partial charge in [0.1, 0.15) is 11.5 Å². The van der Waals surface area contributed by atoms with Gasteiger partial charge < -0.3 is 19.9 Å². The van der Waals surface area contributed by atoms with Crippen LogP contribution in [0.25, 0.3) is 0 Å². The lowest BCUT2D eigenvalue weighted by atomic mass is 9.85. The number of benzene rings is 1. The van der Waals surface area contributed by atoms with E-state index in [-0.39, 0.29) is 12.5 Å². The first-order chi connectivity index (χ1) is 10.7. The quantitative estimate of drug-likeness (QED) is 0.810. The van der Waals surface area contributed by atoms with Crippen molar-refractivity contribution >= 4 is 5.91 Å². The van der Waals surface area contributed by atoms with E-state index in [2.05, 4.69) is 5.32 Å². The monoisotopic (exact) mass is 307 g/mol. The normalized spacial score (nSPS) is 16.8. The number of rotatable bonds is 7. The Morgan fingerprint density at radius 2 is 1.86 bits per heavy atom. The van der Waals surface area contributed by atoms with Gasteiger partial charge in [0, 0.05) is 6.54 Å². The lowest BCUT2D eigenvalue weighted by Gasteiger charge is -2.26. The highest BCUT2D eigenvalue weighted by Gasteiger charge is 2.21. The smallest absolute Gasteiger partial charge is 0.258 e. The van der Waals surface area contributed by atoms with Crippen molar-refractivity contribution in [3.8, 4) is 11.5 Å². The predicted molar refractivity (Wildman–Crippen MR) is 84.1 cm³/mol. The summed E-state index contributed by atoms with van der Waals surface area (Å²) >= 11 is 0. The molecule has 0 spiro atoms. The van der Waals surface area contributed by atoms with Crippen LogP contribution in [0.3, 0.4) is 0 Å². The lowest BCUT2D eigenvalue weighted by Crippen LogP contribution is -2.39. The molecule has 5 nitrogen and oxygen atoms in total. The van der Waals surface area contributed by atoms with Crippen LogP contribution < -0.4 is 14.8 Å². The maximum Gasteiger partial charge on any atom is 0.258 e. The molecule has 0 bridgehead atoms. The summed E-state index contributed by atoms with van der Waals surface area (Å²) in [4.78, 5) is 11.8. The molecule has 5 heteroatoms. The van der Waals surface area contributed by atoms with Crippen LogP contribution in [0.4, 0.5) is 0 Å². The second-order valence-electron chi connectivity index (χ2n) is 5.73. The lowest BCUT2D eigenvalue weighted by molar-refractivity contribution is -0.123. The van der Waals surface area contributed by atoms with Crippen molar-refractivity contribution in [3.05, 3.63) is 24.3 Å². The van der Waals surface area contributed by atoms with Gasteiger partial charge in [-0.15, -0.1) is 0 Å². The van der Waals surface area contributed by atoms with E-state index in [1.807, 2.05) is 0 Å². The van der Waals surface area contributed by atoms with E-state index in [9.17, 15) is 9.90 Å². The van der Waals surface area contributed by atoms with Crippen LogP contribution in [0.5, 0.6) is 11.5 Å². The average molecular weight is 307 g/mol. The van der Waals surface area contributed by atoms with E-state index in [1.54, 1.807) is 31.4 Å². The number of hydrogen-bond acceptors (Lipinski definition) is 4. The van der Waals surface area contributed by atoms with Crippen LogP contribution in [0.2, 0.25) is 0 Å². The number of ether oxygens (including phenoxy) is 2. The van der Waals surface area contributed by atoms with Gasteiger partial charge in [0.2, 0.25) is 0 Å². The SMILES string of the molecule is COc1ccc(OCC(=O)NCC(O)C2CCCCC2)cc1. The molecule has 22 heavy (non-hydrogen) atoms. The fraction of sp³-hybridized carbons (Fsp3) is 0.588. The number of nitrogens with one attached hydrogen (secondary N) is 1. The Bertz CT molecular complexity index is 454. The van der Waals surface area contributed by atoms with E-state index >= 15 is 0 Å². The van der Waals surface area contributed by atoms with Crippen molar-refractivity contribution in [1.29, 1.82) is 0 Å². The third kappa shape index (κ3) is 5.22. The molecule has 2 N–H and O–H groups in total. The number of hydrogen-bond donors (Lipinski definition) is 2. The van der Waals surface area contributed by atoms with Crippen molar-refractivity contribution in [2.45, 2.75) is 38.2 Å². The van der Waals surface area contributed by atoms with Gasteiger partial charge in [-0.25, -0.2) is 0 Å². The molecule has 122 valence electrons. The van der Waals surface area contributed by atoms with Gasteiger partial charge in [-0.3, -0.25) is 4.79 Å². The summed E-state index contributed by atoms with van der Waals surface area (Å²) in [7, 11) is 1.60. The van der Waals surface area contributed by atoms with Crippen LogP contribution in [0.1, 0.15) is 32.1 Å². The minimum atomic E-state index is -0.453. The zero-order chi connectivity index (χ0) is 15.8. The third-order valence-corrected chi connectivity index (χ3v) is 4.13. The molecule has 0 aliphatic heterocycles. The molecule has 1 aliphatic carbocycles. The highest BCUT2D eigenvalue weighted by atomic mass is 16.5. The highest BCUT2D eigenvalue weighted by Crippen LogP contribution is 2.26. The Kier molecular flexibility index (Phi) is 6.52. The number of methoxy groups -OCH3 is 1. The van der Waals surface area contributed by atoms with Gasteiger partial charge in [0.05, 0.1) is 13.2 Å². The first kappa shape index (κ1) is 16.6. The van der Waals surface area contributed by atoms with Crippen molar-refractivity contribution < 1.29 is 19.4 Å². The molecule has 2 rings (SSSR count). The molecule has 1 saturated carbocycles. The van der Waals surface area contributed by atoms with Gasteiger partial charge >= 0.3 is 0 Å². The van der Waals surface area contributed by atoms with Gasteiger partial charge in [-0.05, 0) is 43.0 Å². The fourth-order valence-corrected chi connectivity index (χ4v) is 2.78. The van der Waals surface area contributed by atoms with E-state index in [4.69, 9.17) is 9.47 Å². The Balaban J connectivity index is 1.66. The predicted octanol–water partition coefficient (Wildman–Crippen LogP) is 2.13. The van der Waals surface area contributed by atoms with Gasteiger partial charge in [0.25, 0.3) is 5.91 Å². The summed E-state index contributed by atoms with van der Waals surface area (Å²) in [5.74, 6) is 1.46. The van der Waals surface area contributed by atoms with Crippen LogP contribution in [-0.4, -0.2) is 37.4 Å². The van der Waals surface area contributed by atoms with E-state index in [1.165, 1.54) is 19.3 Å². The standard InChI is InChI=1S/C17H25NO4/c1-21-14-7-9-15(10-8-14)22-12-17(20)18-11-16(19)13-5-3-2-4-6-13/h7-10,13,16,19H,2-6,11-12H2,1H3,(H,18,20). The number of amides is 1. The molecule has 0 radical (unpaired) electrons. The van der Waals surface area contributed by atoms with E-state index < -0.39 is 6.10 Å². The van der Waals surface area contributed by atoms with Crippen LogP contribution >= 0.6 is 0 Å². The molecular formula is C17H25NO4. The number of carbonyl (C=O) groups excluding carboxylic acids is 1. The minimum Gasteiger partial charge on any atom is -0.497 e. The van der Waals surface area contributed by atoms with Crippen LogP contribution in [0.15, 0.2) is 24.3 Å². The molecule has 0 saturated heterocycles. The molecule has 0 heterocycles. The maximum absolute atomic E-state index is 11.8. The molecule has 1 unspecified atom stereocenters.